The van der Waals surface area contributed by atoms with Crippen molar-refractivity contribution < 1.29 is 9.53 Å². The van der Waals surface area contributed by atoms with Crippen molar-refractivity contribution in [1.82, 2.24) is 19.9 Å². The average molecular weight is 333 g/mol. The van der Waals surface area contributed by atoms with Gasteiger partial charge in [-0.05, 0) is 37.1 Å². The van der Waals surface area contributed by atoms with Crippen LogP contribution < -0.4 is 4.74 Å². The summed E-state index contributed by atoms with van der Waals surface area (Å²) in [6, 6.07) is 7.22. The number of likely N-dealkylation sites (tertiary alicyclic amines) is 1. The Labute approximate surface area is 139 Å². The molecule has 0 N–H and O–H groups in total. The molecule has 2 heterocycles. The van der Waals surface area contributed by atoms with Gasteiger partial charge >= 0.3 is 0 Å². The number of hydrogen-bond acceptors (Lipinski definition) is 4. The van der Waals surface area contributed by atoms with E-state index in [4.69, 9.17) is 16.3 Å². The van der Waals surface area contributed by atoms with Gasteiger partial charge in [0.05, 0.1) is 11.7 Å². The summed E-state index contributed by atoms with van der Waals surface area (Å²) in [5, 5.41) is 9.03. The lowest BCUT2D eigenvalue weighted by molar-refractivity contribution is -0.139. The fourth-order valence-corrected chi connectivity index (χ4v) is 2.75. The van der Waals surface area contributed by atoms with E-state index < -0.39 is 0 Å². The van der Waals surface area contributed by atoms with E-state index in [2.05, 4.69) is 10.3 Å². The SMILES string of the molecule is O=C(COc1ccc(Cl)cc1)N1CC(n2cc(C3CC3)nn2)C1. The molecular formula is C16H17ClN4O2. The zero-order valence-corrected chi connectivity index (χ0v) is 13.3. The number of hydrogen-bond donors (Lipinski definition) is 0. The number of amides is 1. The predicted octanol–water partition coefficient (Wildman–Crippen LogP) is 2.27. The molecule has 1 saturated heterocycles. The van der Waals surface area contributed by atoms with E-state index >= 15 is 0 Å². The largest absolute Gasteiger partial charge is 0.484 e. The van der Waals surface area contributed by atoms with Gasteiger partial charge in [-0.15, -0.1) is 5.10 Å². The van der Waals surface area contributed by atoms with E-state index in [0.29, 0.717) is 29.8 Å². The highest BCUT2D eigenvalue weighted by molar-refractivity contribution is 6.30. The summed E-state index contributed by atoms with van der Waals surface area (Å²) < 4.78 is 7.37. The minimum atomic E-state index is -0.0151. The van der Waals surface area contributed by atoms with Crippen molar-refractivity contribution in [3.8, 4) is 5.75 Å². The van der Waals surface area contributed by atoms with Crippen LogP contribution in [0.25, 0.3) is 0 Å². The Bertz CT molecular complexity index is 705. The third-order valence-electron chi connectivity index (χ3n) is 4.29. The molecule has 1 saturated carbocycles. The summed E-state index contributed by atoms with van der Waals surface area (Å²) in [5.74, 6) is 1.23. The molecule has 4 rings (SSSR count). The van der Waals surface area contributed by atoms with Crippen molar-refractivity contribution in [1.29, 1.82) is 0 Å². The van der Waals surface area contributed by atoms with Crippen molar-refractivity contribution in [2.24, 2.45) is 0 Å². The van der Waals surface area contributed by atoms with E-state index in [0.717, 1.165) is 5.69 Å². The number of halogens is 1. The van der Waals surface area contributed by atoms with Crippen LogP contribution in [0, 0.1) is 0 Å². The van der Waals surface area contributed by atoms with Crippen LogP contribution >= 0.6 is 11.6 Å². The van der Waals surface area contributed by atoms with Crippen LogP contribution in [-0.2, 0) is 4.79 Å². The number of nitrogens with zero attached hydrogens (tertiary/aromatic N) is 4. The molecule has 1 aromatic heterocycles. The Kier molecular flexibility index (Phi) is 3.69. The van der Waals surface area contributed by atoms with Crippen molar-refractivity contribution in [2.45, 2.75) is 24.8 Å². The van der Waals surface area contributed by atoms with E-state index in [1.54, 1.807) is 29.2 Å². The average Bonchev–Trinajstić information content (AvgIpc) is 3.25. The summed E-state index contributed by atoms with van der Waals surface area (Å²) in [6.45, 7) is 1.37. The molecule has 0 radical (unpaired) electrons. The molecule has 2 fully saturated rings. The maximum absolute atomic E-state index is 12.1. The zero-order chi connectivity index (χ0) is 15.8. The summed E-state index contributed by atoms with van der Waals surface area (Å²) in [4.78, 5) is 13.9. The molecule has 1 aliphatic heterocycles. The van der Waals surface area contributed by atoms with E-state index in [1.165, 1.54) is 12.8 Å². The van der Waals surface area contributed by atoms with Crippen LogP contribution in [0.1, 0.15) is 30.5 Å². The predicted molar refractivity (Wildman–Crippen MR) is 84.6 cm³/mol. The first-order chi connectivity index (χ1) is 11.2. The number of rotatable bonds is 5. The van der Waals surface area contributed by atoms with Crippen LogP contribution in [0.15, 0.2) is 30.5 Å². The lowest BCUT2D eigenvalue weighted by Crippen LogP contribution is -2.52. The maximum Gasteiger partial charge on any atom is 0.260 e. The summed E-state index contributed by atoms with van der Waals surface area (Å²) in [6.07, 6.45) is 4.46. The highest BCUT2D eigenvalue weighted by Crippen LogP contribution is 2.39. The molecule has 1 aromatic carbocycles. The van der Waals surface area contributed by atoms with Crippen LogP contribution in [0.2, 0.25) is 5.02 Å². The molecule has 6 nitrogen and oxygen atoms in total. The Morgan fingerprint density at radius 3 is 2.70 bits per heavy atom. The topological polar surface area (TPSA) is 60.2 Å². The van der Waals surface area contributed by atoms with Crippen LogP contribution in [-0.4, -0.2) is 45.5 Å². The number of benzene rings is 1. The minimum absolute atomic E-state index is 0.0151. The van der Waals surface area contributed by atoms with Crippen LogP contribution in [0.4, 0.5) is 0 Å². The number of ether oxygens (including phenoxy) is 1. The molecule has 23 heavy (non-hydrogen) atoms. The third-order valence-corrected chi connectivity index (χ3v) is 4.54. The van der Waals surface area contributed by atoms with Gasteiger partial charge in [-0.25, -0.2) is 4.68 Å². The number of carbonyl (C=O) groups is 1. The van der Waals surface area contributed by atoms with Gasteiger partial charge in [-0.2, -0.15) is 0 Å². The Hall–Kier alpha value is -2.08. The van der Waals surface area contributed by atoms with Gasteiger partial charge in [-0.1, -0.05) is 16.8 Å². The van der Waals surface area contributed by atoms with E-state index in [9.17, 15) is 4.79 Å². The number of aromatic nitrogens is 3. The monoisotopic (exact) mass is 332 g/mol. The quantitative estimate of drug-likeness (QED) is 0.842. The highest BCUT2D eigenvalue weighted by atomic mass is 35.5. The molecule has 0 spiro atoms. The second-order valence-corrected chi connectivity index (χ2v) is 6.53. The molecule has 0 unspecified atom stereocenters. The van der Waals surface area contributed by atoms with Crippen molar-refractivity contribution in [2.75, 3.05) is 19.7 Å². The fourth-order valence-electron chi connectivity index (χ4n) is 2.63. The van der Waals surface area contributed by atoms with Gasteiger partial charge in [-0.3, -0.25) is 4.79 Å². The molecular weight excluding hydrogens is 316 g/mol. The Balaban J connectivity index is 1.25. The normalized spacial score (nSPS) is 17.9. The molecule has 1 amide bonds. The van der Waals surface area contributed by atoms with Crippen molar-refractivity contribution in [3.05, 3.63) is 41.2 Å². The summed E-state index contributed by atoms with van der Waals surface area (Å²) in [7, 11) is 0. The molecule has 0 atom stereocenters. The van der Waals surface area contributed by atoms with Crippen molar-refractivity contribution in [3.63, 3.8) is 0 Å². The second kappa shape index (κ2) is 5.85. The molecule has 0 bridgehead atoms. The standard InChI is InChI=1S/C16H17ClN4O2/c17-12-3-5-14(6-4-12)23-10-16(22)20-7-13(8-20)21-9-15(18-19-21)11-1-2-11/h3-6,9,11,13H,1-2,7-8,10H2. The first kappa shape index (κ1) is 14.5. The zero-order valence-electron chi connectivity index (χ0n) is 12.6. The van der Waals surface area contributed by atoms with Gasteiger partial charge in [0, 0.05) is 30.2 Å². The lowest BCUT2D eigenvalue weighted by atomic mass is 10.1. The van der Waals surface area contributed by atoms with Gasteiger partial charge < -0.3 is 9.64 Å². The first-order valence-electron chi connectivity index (χ1n) is 7.77. The lowest BCUT2D eigenvalue weighted by Gasteiger charge is -2.38. The first-order valence-corrected chi connectivity index (χ1v) is 8.15. The van der Waals surface area contributed by atoms with E-state index in [1.807, 2.05) is 10.9 Å². The molecule has 2 aliphatic rings. The van der Waals surface area contributed by atoms with Gasteiger partial charge in [0.25, 0.3) is 5.91 Å². The Morgan fingerprint density at radius 1 is 1.26 bits per heavy atom. The highest BCUT2D eigenvalue weighted by Gasteiger charge is 2.34. The Morgan fingerprint density at radius 2 is 2.00 bits per heavy atom. The van der Waals surface area contributed by atoms with Gasteiger partial charge in [0.15, 0.2) is 6.61 Å². The fraction of sp³-hybridized carbons (Fsp3) is 0.438. The molecule has 1 aliphatic carbocycles. The van der Waals surface area contributed by atoms with Crippen LogP contribution in [0.5, 0.6) is 5.75 Å². The number of carbonyl (C=O) groups excluding carboxylic acids is 1. The second-order valence-electron chi connectivity index (χ2n) is 6.09. The van der Waals surface area contributed by atoms with Crippen LogP contribution in [0.3, 0.4) is 0 Å². The molecule has 2 aromatic rings. The van der Waals surface area contributed by atoms with E-state index in [-0.39, 0.29) is 18.6 Å². The molecule has 120 valence electrons. The molecule has 7 heteroatoms. The smallest absolute Gasteiger partial charge is 0.260 e. The minimum Gasteiger partial charge on any atom is -0.484 e. The van der Waals surface area contributed by atoms with Crippen molar-refractivity contribution >= 4 is 17.5 Å². The van der Waals surface area contributed by atoms with Gasteiger partial charge in [0.1, 0.15) is 5.75 Å². The third kappa shape index (κ3) is 3.17. The maximum atomic E-state index is 12.1. The summed E-state index contributed by atoms with van der Waals surface area (Å²) in [5.41, 5.74) is 1.08. The van der Waals surface area contributed by atoms with Gasteiger partial charge in [0.2, 0.25) is 0 Å². The summed E-state index contributed by atoms with van der Waals surface area (Å²) >= 11 is 5.81.